The fraction of sp³-hybridized carbons (Fsp3) is 0.0833. The minimum atomic E-state index is -1.00. The van der Waals surface area contributed by atoms with Crippen LogP contribution in [-0.4, -0.2) is 21.2 Å². The standard InChI is InChI=1S/C12H8N2O4/c1-6-4-9(14-18-6)11-13-8-5-7(12(15)16)2-3-10(8)17-11/h2-5H,1H3,(H,15,16). The number of hydrogen-bond donors (Lipinski definition) is 1. The van der Waals surface area contributed by atoms with E-state index in [1.807, 2.05) is 0 Å². The van der Waals surface area contributed by atoms with Gasteiger partial charge in [0.25, 0.3) is 0 Å². The van der Waals surface area contributed by atoms with Gasteiger partial charge in [-0.15, -0.1) is 0 Å². The van der Waals surface area contributed by atoms with Gasteiger partial charge in [0.2, 0.25) is 5.89 Å². The number of carboxylic acid groups (broad SMARTS) is 1. The molecule has 0 unspecified atom stereocenters. The fourth-order valence-corrected chi connectivity index (χ4v) is 1.64. The normalized spacial score (nSPS) is 10.9. The van der Waals surface area contributed by atoms with Gasteiger partial charge in [0.05, 0.1) is 5.56 Å². The number of rotatable bonds is 2. The van der Waals surface area contributed by atoms with E-state index >= 15 is 0 Å². The number of carbonyl (C=O) groups is 1. The first-order valence-corrected chi connectivity index (χ1v) is 5.21. The van der Waals surface area contributed by atoms with Crippen molar-refractivity contribution in [2.45, 2.75) is 6.92 Å². The van der Waals surface area contributed by atoms with Crippen molar-refractivity contribution in [3.05, 3.63) is 35.6 Å². The number of carboxylic acids is 1. The first-order valence-electron chi connectivity index (χ1n) is 5.21. The number of aromatic carboxylic acids is 1. The average molecular weight is 244 g/mol. The Bertz CT molecular complexity index is 741. The summed E-state index contributed by atoms with van der Waals surface area (Å²) < 4.78 is 10.4. The van der Waals surface area contributed by atoms with Gasteiger partial charge in [-0.2, -0.15) is 0 Å². The molecule has 0 atom stereocenters. The number of fused-ring (bicyclic) bond motifs is 1. The molecule has 0 aliphatic heterocycles. The summed E-state index contributed by atoms with van der Waals surface area (Å²) in [6.45, 7) is 1.77. The lowest BCUT2D eigenvalue weighted by atomic mass is 10.2. The summed E-state index contributed by atoms with van der Waals surface area (Å²) in [6, 6.07) is 6.19. The SMILES string of the molecule is Cc1cc(-c2nc3cc(C(=O)O)ccc3o2)no1. The highest BCUT2D eigenvalue weighted by Gasteiger charge is 2.13. The van der Waals surface area contributed by atoms with Gasteiger partial charge in [0.15, 0.2) is 11.3 Å². The second-order valence-electron chi connectivity index (χ2n) is 3.83. The van der Waals surface area contributed by atoms with Crippen molar-refractivity contribution in [2.75, 3.05) is 0 Å². The lowest BCUT2D eigenvalue weighted by Gasteiger charge is -1.91. The number of benzene rings is 1. The van der Waals surface area contributed by atoms with E-state index < -0.39 is 5.97 Å². The summed E-state index contributed by atoms with van der Waals surface area (Å²) in [6.07, 6.45) is 0. The topological polar surface area (TPSA) is 89.4 Å². The molecule has 90 valence electrons. The minimum Gasteiger partial charge on any atom is -0.478 e. The minimum absolute atomic E-state index is 0.165. The predicted octanol–water partition coefficient (Wildman–Crippen LogP) is 2.49. The zero-order valence-corrected chi connectivity index (χ0v) is 9.38. The van der Waals surface area contributed by atoms with E-state index in [-0.39, 0.29) is 5.56 Å². The van der Waals surface area contributed by atoms with E-state index in [1.54, 1.807) is 19.1 Å². The lowest BCUT2D eigenvalue weighted by Crippen LogP contribution is -1.94. The predicted molar refractivity (Wildman–Crippen MR) is 61.2 cm³/mol. The van der Waals surface area contributed by atoms with Gasteiger partial charge in [0.1, 0.15) is 11.3 Å². The van der Waals surface area contributed by atoms with Crippen molar-refractivity contribution >= 4 is 17.1 Å². The van der Waals surface area contributed by atoms with Crippen LogP contribution in [0.5, 0.6) is 0 Å². The highest BCUT2D eigenvalue weighted by atomic mass is 16.5. The van der Waals surface area contributed by atoms with Crippen LogP contribution in [0.2, 0.25) is 0 Å². The van der Waals surface area contributed by atoms with Crippen molar-refractivity contribution < 1.29 is 18.8 Å². The molecule has 6 heteroatoms. The summed E-state index contributed by atoms with van der Waals surface area (Å²) >= 11 is 0. The third-order valence-electron chi connectivity index (χ3n) is 2.48. The number of aromatic nitrogens is 2. The highest BCUT2D eigenvalue weighted by Crippen LogP contribution is 2.24. The van der Waals surface area contributed by atoms with E-state index in [1.165, 1.54) is 12.1 Å². The van der Waals surface area contributed by atoms with Crippen LogP contribution in [0.4, 0.5) is 0 Å². The Kier molecular flexibility index (Phi) is 2.16. The second kappa shape index (κ2) is 3.69. The maximum absolute atomic E-state index is 10.8. The van der Waals surface area contributed by atoms with Crippen molar-refractivity contribution in [3.8, 4) is 11.6 Å². The molecule has 0 fully saturated rings. The molecule has 6 nitrogen and oxygen atoms in total. The van der Waals surface area contributed by atoms with Crippen molar-refractivity contribution in [2.24, 2.45) is 0 Å². The van der Waals surface area contributed by atoms with Crippen LogP contribution in [-0.2, 0) is 0 Å². The van der Waals surface area contributed by atoms with E-state index in [9.17, 15) is 4.79 Å². The van der Waals surface area contributed by atoms with Gasteiger partial charge in [-0.25, -0.2) is 9.78 Å². The summed E-state index contributed by atoms with van der Waals surface area (Å²) in [4.78, 5) is 15.0. The Morgan fingerprint density at radius 2 is 2.17 bits per heavy atom. The molecule has 3 aromatic rings. The van der Waals surface area contributed by atoms with E-state index in [0.717, 1.165) is 0 Å². The van der Waals surface area contributed by atoms with Gasteiger partial charge < -0.3 is 14.0 Å². The number of nitrogens with zero attached hydrogens (tertiary/aromatic N) is 2. The zero-order chi connectivity index (χ0) is 12.7. The third-order valence-corrected chi connectivity index (χ3v) is 2.48. The summed E-state index contributed by atoms with van der Waals surface area (Å²) in [5.74, 6) is -0.0402. The molecular weight excluding hydrogens is 236 g/mol. The molecule has 2 aromatic heterocycles. The summed E-state index contributed by atoms with van der Waals surface area (Å²) in [7, 11) is 0. The summed E-state index contributed by atoms with van der Waals surface area (Å²) in [5, 5.41) is 12.7. The van der Waals surface area contributed by atoms with Gasteiger partial charge >= 0.3 is 5.97 Å². The first-order chi connectivity index (χ1) is 8.63. The molecule has 1 N–H and O–H groups in total. The van der Waals surface area contributed by atoms with Crippen LogP contribution >= 0.6 is 0 Å². The molecule has 3 rings (SSSR count). The van der Waals surface area contributed by atoms with Crippen LogP contribution in [0, 0.1) is 6.92 Å². The van der Waals surface area contributed by atoms with Crippen LogP contribution in [0.25, 0.3) is 22.7 Å². The maximum atomic E-state index is 10.8. The van der Waals surface area contributed by atoms with Crippen molar-refractivity contribution in [3.63, 3.8) is 0 Å². The Morgan fingerprint density at radius 1 is 1.33 bits per heavy atom. The highest BCUT2D eigenvalue weighted by molar-refractivity contribution is 5.92. The molecular formula is C12H8N2O4. The second-order valence-corrected chi connectivity index (χ2v) is 3.83. The molecule has 0 spiro atoms. The van der Waals surface area contributed by atoms with Crippen molar-refractivity contribution in [1.82, 2.24) is 10.1 Å². The maximum Gasteiger partial charge on any atom is 0.335 e. The molecule has 0 saturated heterocycles. The summed E-state index contributed by atoms with van der Waals surface area (Å²) in [5.41, 5.74) is 1.64. The van der Waals surface area contributed by atoms with Crippen LogP contribution < -0.4 is 0 Å². The number of oxazole rings is 1. The molecule has 0 saturated carbocycles. The molecule has 18 heavy (non-hydrogen) atoms. The average Bonchev–Trinajstić information content (AvgIpc) is 2.93. The van der Waals surface area contributed by atoms with Crippen LogP contribution in [0.15, 0.2) is 33.2 Å². The molecule has 2 heterocycles. The Morgan fingerprint density at radius 3 is 2.83 bits per heavy atom. The van der Waals surface area contributed by atoms with Gasteiger partial charge in [-0.1, -0.05) is 5.16 Å². The molecule has 0 amide bonds. The van der Waals surface area contributed by atoms with Gasteiger partial charge in [0, 0.05) is 6.07 Å². The van der Waals surface area contributed by atoms with E-state index in [4.69, 9.17) is 14.0 Å². The van der Waals surface area contributed by atoms with Crippen LogP contribution in [0.1, 0.15) is 16.1 Å². The molecule has 0 bridgehead atoms. The molecule has 0 aliphatic rings. The lowest BCUT2D eigenvalue weighted by molar-refractivity contribution is 0.0697. The molecule has 0 aliphatic carbocycles. The van der Waals surface area contributed by atoms with E-state index in [2.05, 4.69) is 10.1 Å². The fourth-order valence-electron chi connectivity index (χ4n) is 1.64. The largest absolute Gasteiger partial charge is 0.478 e. The van der Waals surface area contributed by atoms with Crippen LogP contribution in [0.3, 0.4) is 0 Å². The first kappa shape index (κ1) is 10.5. The molecule has 0 radical (unpaired) electrons. The quantitative estimate of drug-likeness (QED) is 0.744. The van der Waals surface area contributed by atoms with E-state index in [0.29, 0.717) is 28.4 Å². The third kappa shape index (κ3) is 1.64. The Balaban J connectivity index is 2.13. The Labute approximate surface area is 101 Å². The van der Waals surface area contributed by atoms with Gasteiger partial charge in [-0.05, 0) is 25.1 Å². The molecule has 1 aromatic carbocycles. The number of hydrogen-bond acceptors (Lipinski definition) is 5. The number of aryl methyl sites for hydroxylation is 1. The van der Waals surface area contributed by atoms with Gasteiger partial charge in [-0.3, -0.25) is 0 Å². The Hall–Kier alpha value is -2.63. The zero-order valence-electron chi connectivity index (χ0n) is 9.38. The van der Waals surface area contributed by atoms with Crippen molar-refractivity contribution in [1.29, 1.82) is 0 Å². The monoisotopic (exact) mass is 244 g/mol. The smallest absolute Gasteiger partial charge is 0.335 e.